The molecule has 1 saturated heterocycles. The predicted molar refractivity (Wildman–Crippen MR) is 148 cm³/mol. The van der Waals surface area contributed by atoms with Gasteiger partial charge < -0.3 is 20.3 Å². The van der Waals surface area contributed by atoms with Crippen molar-refractivity contribution >= 4 is 28.6 Å². The largest absolute Gasteiger partial charge is 0.484 e. The summed E-state index contributed by atoms with van der Waals surface area (Å²) in [5, 5.41) is 10.3. The zero-order valence-corrected chi connectivity index (χ0v) is 22.5. The quantitative estimate of drug-likeness (QED) is 0.340. The molecule has 9 nitrogen and oxygen atoms in total. The Bertz CT molecular complexity index is 1580. The second kappa shape index (κ2) is 11.4. The number of hydrogen-bond acceptors (Lipinski definition) is 5. The molecule has 0 unspecified atom stereocenters. The molecule has 2 heterocycles. The molecule has 3 amide bonds. The van der Waals surface area contributed by atoms with E-state index in [1.165, 1.54) is 4.90 Å². The van der Waals surface area contributed by atoms with Crippen LogP contribution in [-0.2, 0) is 9.59 Å². The standard InChI is InChI=1S/C30H29F2N5O4/c1-19(35-29(40)30(2,31)32)27(20-7-4-3-5-8-20)41-24-11-12-25-22(16-24)17-34-37(25)23-10-6-9-21(15-23)28(39)36-14-13-33-26(38)18-36/h3-12,15-17,19,27H,13-14,18H2,1-2H3,(H,33,38)(H,35,40)/t19-,27-/m0/s1. The summed E-state index contributed by atoms with van der Waals surface area (Å²) in [7, 11) is 0. The molecule has 5 rings (SSSR count). The molecule has 0 bridgehead atoms. The molecular weight excluding hydrogens is 532 g/mol. The SMILES string of the molecule is C[C@H](NC(=O)C(C)(F)F)[C@H](Oc1ccc2c(cnn2-c2cccc(C(=O)N3CCNC(=O)C3)c2)c1)c1ccccc1. The molecule has 2 N–H and O–H groups in total. The Morgan fingerprint density at radius 2 is 1.85 bits per heavy atom. The van der Waals surface area contributed by atoms with E-state index in [9.17, 15) is 23.2 Å². The van der Waals surface area contributed by atoms with Gasteiger partial charge in [0.15, 0.2) is 0 Å². The van der Waals surface area contributed by atoms with Crippen LogP contribution < -0.4 is 15.4 Å². The molecule has 11 heteroatoms. The van der Waals surface area contributed by atoms with Crippen molar-refractivity contribution in [1.29, 1.82) is 0 Å². The lowest BCUT2D eigenvalue weighted by atomic mass is 10.0. The minimum absolute atomic E-state index is 0.0175. The molecule has 0 spiro atoms. The van der Waals surface area contributed by atoms with Crippen molar-refractivity contribution in [1.82, 2.24) is 25.3 Å². The van der Waals surface area contributed by atoms with Crippen molar-refractivity contribution < 1.29 is 27.9 Å². The van der Waals surface area contributed by atoms with Gasteiger partial charge in [0.1, 0.15) is 11.9 Å². The number of alkyl halides is 2. The summed E-state index contributed by atoms with van der Waals surface area (Å²) < 4.78 is 35.1. The van der Waals surface area contributed by atoms with E-state index >= 15 is 0 Å². The first kappa shape index (κ1) is 27.8. The first-order chi connectivity index (χ1) is 19.6. The summed E-state index contributed by atoms with van der Waals surface area (Å²) in [6.07, 6.45) is 0.918. The molecule has 3 aromatic carbocycles. The maximum absolute atomic E-state index is 13.6. The van der Waals surface area contributed by atoms with Crippen LogP contribution in [0, 0.1) is 0 Å². The first-order valence-corrected chi connectivity index (χ1v) is 13.1. The zero-order chi connectivity index (χ0) is 29.1. The lowest BCUT2D eigenvalue weighted by Gasteiger charge is -2.27. The van der Waals surface area contributed by atoms with Crippen LogP contribution in [-0.4, -0.2) is 64.0 Å². The van der Waals surface area contributed by atoms with E-state index in [4.69, 9.17) is 4.74 Å². The van der Waals surface area contributed by atoms with Gasteiger partial charge in [0.05, 0.1) is 30.0 Å². The highest BCUT2D eigenvalue weighted by atomic mass is 19.3. The third kappa shape index (κ3) is 6.19. The number of amides is 3. The first-order valence-electron chi connectivity index (χ1n) is 13.1. The van der Waals surface area contributed by atoms with Gasteiger partial charge in [0, 0.05) is 31.0 Å². The minimum atomic E-state index is -3.52. The van der Waals surface area contributed by atoms with Gasteiger partial charge in [-0.05, 0) is 48.9 Å². The fraction of sp³-hybridized carbons (Fsp3) is 0.267. The molecule has 1 aromatic heterocycles. The molecule has 212 valence electrons. The monoisotopic (exact) mass is 561 g/mol. The summed E-state index contributed by atoms with van der Waals surface area (Å²) in [4.78, 5) is 38.2. The average molecular weight is 562 g/mol. The molecule has 4 aromatic rings. The third-order valence-electron chi connectivity index (χ3n) is 6.81. The van der Waals surface area contributed by atoms with Crippen molar-refractivity contribution in [3.63, 3.8) is 0 Å². The average Bonchev–Trinajstić information content (AvgIpc) is 3.39. The Balaban J connectivity index is 1.39. The Labute approximate surface area is 235 Å². The van der Waals surface area contributed by atoms with E-state index in [-0.39, 0.29) is 18.4 Å². The minimum Gasteiger partial charge on any atom is -0.484 e. The molecule has 0 aliphatic carbocycles. The predicted octanol–water partition coefficient (Wildman–Crippen LogP) is 3.88. The molecule has 1 aliphatic heterocycles. The summed E-state index contributed by atoms with van der Waals surface area (Å²) >= 11 is 0. The van der Waals surface area contributed by atoms with Crippen LogP contribution in [0.1, 0.15) is 35.9 Å². The van der Waals surface area contributed by atoms with Crippen LogP contribution in [0.2, 0.25) is 0 Å². The number of fused-ring (bicyclic) bond motifs is 1. The number of rotatable bonds is 8. The van der Waals surface area contributed by atoms with Gasteiger partial charge in [0.2, 0.25) is 5.91 Å². The van der Waals surface area contributed by atoms with E-state index in [0.717, 1.165) is 10.9 Å². The van der Waals surface area contributed by atoms with E-state index < -0.39 is 24.0 Å². The normalized spacial score (nSPS) is 15.2. The summed E-state index contributed by atoms with van der Waals surface area (Å²) in [6.45, 7) is 3.04. The van der Waals surface area contributed by atoms with Gasteiger partial charge in [0.25, 0.3) is 11.8 Å². The third-order valence-corrected chi connectivity index (χ3v) is 6.81. The maximum atomic E-state index is 13.6. The van der Waals surface area contributed by atoms with Crippen molar-refractivity contribution in [2.75, 3.05) is 19.6 Å². The number of hydrogen-bond donors (Lipinski definition) is 2. The van der Waals surface area contributed by atoms with Crippen LogP contribution in [0.3, 0.4) is 0 Å². The molecule has 1 fully saturated rings. The smallest absolute Gasteiger partial charge is 0.321 e. The van der Waals surface area contributed by atoms with Crippen LogP contribution in [0.4, 0.5) is 8.78 Å². The van der Waals surface area contributed by atoms with Crippen molar-refractivity contribution in [2.45, 2.75) is 31.9 Å². The summed E-state index contributed by atoms with van der Waals surface area (Å²) in [5.41, 5.74) is 2.57. The number of aromatic nitrogens is 2. The maximum Gasteiger partial charge on any atom is 0.321 e. The number of carbonyl (C=O) groups is 3. The van der Waals surface area contributed by atoms with E-state index in [0.29, 0.717) is 42.6 Å². The van der Waals surface area contributed by atoms with E-state index in [1.54, 1.807) is 72.4 Å². The van der Waals surface area contributed by atoms with Crippen molar-refractivity contribution in [3.8, 4) is 11.4 Å². The van der Waals surface area contributed by atoms with Gasteiger partial charge in [-0.15, -0.1) is 0 Å². The van der Waals surface area contributed by atoms with Gasteiger partial charge >= 0.3 is 5.92 Å². The lowest BCUT2D eigenvalue weighted by molar-refractivity contribution is -0.144. The van der Waals surface area contributed by atoms with Crippen LogP contribution in [0.5, 0.6) is 5.75 Å². The van der Waals surface area contributed by atoms with Gasteiger partial charge in [-0.2, -0.15) is 13.9 Å². The summed E-state index contributed by atoms with van der Waals surface area (Å²) in [5.74, 6) is -4.86. The Hall–Kier alpha value is -4.80. The van der Waals surface area contributed by atoms with Crippen LogP contribution in [0.15, 0.2) is 79.0 Å². The number of halogens is 2. The number of nitrogens with one attached hydrogen (secondary N) is 2. The fourth-order valence-corrected chi connectivity index (χ4v) is 4.71. The van der Waals surface area contributed by atoms with E-state index in [1.807, 2.05) is 18.2 Å². The van der Waals surface area contributed by atoms with Crippen LogP contribution in [0.25, 0.3) is 16.6 Å². The van der Waals surface area contributed by atoms with E-state index in [2.05, 4.69) is 15.7 Å². The highest BCUT2D eigenvalue weighted by Crippen LogP contribution is 2.29. The van der Waals surface area contributed by atoms with Gasteiger partial charge in [-0.3, -0.25) is 14.4 Å². The van der Waals surface area contributed by atoms with Crippen molar-refractivity contribution in [2.24, 2.45) is 0 Å². The molecular formula is C30H29F2N5O4. The zero-order valence-electron chi connectivity index (χ0n) is 22.5. The number of ether oxygens (including phenoxy) is 1. The fourth-order valence-electron chi connectivity index (χ4n) is 4.71. The Morgan fingerprint density at radius 3 is 2.59 bits per heavy atom. The highest BCUT2D eigenvalue weighted by molar-refractivity contribution is 5.97. The lowest BCUT2D eigenvalue weighted by Crippen LogP contribution is -2.49. The Kier molecular flexibility index (Phi) is 7.69. The molecule has 41 heavy (non-hydrogen) atoms. The second-order valence-electron chi connectivity index (χ2n) is 10.0. The Morgan fingerprint density at radius 1 is 1.07 bits per heavy atom. The van der Waals surface area contributed by atoms with Gasteiger partial charge in [-0.25, -0.2) is 4.68 Å². The molecule has 1 aliphatic rings. The second-order valence-corrected chi connectivity index (χ2v) is 10.0. The molecule has 0 radical (unpaired) electrons. The topological polar surface area (TPSA) is 106 Å². The number of nitrogens with zero attached hydrogens (tertiary/aromatic N) is 3. The number of benzene rings is 3. The van der Waals surface area contributed by atoms with Crippen LogP contribution >= 0.6 is 0 Å². The van der Waals surface area contributed by atoms with Crippen molar-refractivity contribution in [3.05, 3.63) is 90.1 Å². The molecule has 0 saturated carbocycles. The number of carbonyl (C=O) groups excluding carboxylic acids is 3. The highest BCUT2D eigenvalue weighted by Gasteiger charge is 2.35. The molecule has 2 atom stereocenters. The number of piperazine rings is 1. The summed E-state index contributed by atoms with van der Waals surface area (Å²) in [6, 6.07) is 20.6. The van der Waals surface area contributed by atoms with Gasteiger partial charge in [-0.1, -0.05) is 36.4 Å².